The molecular weight excluding hydrogens is 176 g/mol. The Hall–Kier alpha value is -0.830. The van der Waals surface area contributed by atoms with Gasteiger partial charge in [0.2, 0.25) is 0 Å². The molecule has 4 heteroatoms. The van der Waals surface area contributed by atoms with Crippen LogP contribution in [0.15, 0.2) is 4.79 Å². The molecule has 0 unspecified atom stereocenters. The Kier molecular flexibility index (Phi) is 2.87. The predicted molar refractivity (Wildman–Crippen MR) is 48.6 cm³/mol. The van der Waals surface area contributed by atoms with Crippen molar-refractivity contribution < 1.29 is 0 Å². The van der Waals surface area contributed by atoms with Gasteiger partial charge in [0.15, 0.2) is 0 Å². The normalized spacial score (nSPS) is 10.2. The van der Waals surface area contributed by atoms with Crippen molar-refractivity contribution in [3.05, 3.63) is 26.9 Å². The summed E-state index contributed by atoms with van der Waals surface area (Å²) in [6, 6.07) is 0. The lowest BCUT2D eigenvalue weighted by molar-refractivity contribution is 0.871. The average molecular weight is 187 g/mol. The minimum Gasteiger partial charge on any atom is -0.310 e. The maximum absolute atomic E-state index is 11.3. The standard InChI is InChI=1S/C8H11ClN2O/c1-3-4-6-7(9)10-5(2)11-8(6)12/h3-4H2,1-2H3,(H,10,11,12). The molecule has 66 valence electrons. The van der Waals surface area contributed by atoms with E-state index in [9.17, 15) is 4.79 Å². The number of hydrogen-bond donors (Lipinski definition) is 1. The first kappa shape index (κ1) is 9.26. The van der Waals surface area contributed by atoms with Crippen LogP contribution in [-0.2, 0) is 6.42 Å². The largest absolute Gasteiger partial charge is 0.310 e. The minimum absolute atomic E-state index is 0.116. The van der Waals surface area contributed by atoms with Crippen LogP contribution >= 0.6 is 11.6 Å². The molecule has 0 aliphatic rings. The van der Waals surface area contributed by atoms with Gasteiger partial charge in [-0.05, 0) is 13.3 Å². The number of nitrogens with zero attached hydrogens (tertiary/aromatic N) is 1. The number of rotatable bonds is 2. The smallest absolute Gasteiger partial charge is 0.255 e. The van der Waals surface area contributed by atoms with Crippen molar-refractivity contribution in [2.75, 3.05) is 0 Å². The summed E-state index contributed by atoms with van der Waals surface area (Å²) in [5.74, 6) is 0.560. The van der Waals surface area contributed by atoms with Crippen molar-refractivity contribution in [3.63, 3.8) is 0 Å². The highest BCUT2D eigenvalue weighted by Crippen LogP contribution is 2.09. The van der Waals surface area contributed by atoms with Crippen molar-refractivity contribution in [1.29, 1.82) is 0 Å². The van der Waals surface area contributed by atoms with Crippen LogP contribution in [0.5, 0.6) is 0 Å². The molecule has 1 aromatic heterocycles. The predicted octanol–water partition coefficient (Wildman–Crippen LogP) is 1.68. The molecule has 0 aliphatic heterocycles. The van der Waals surface area contributed by atoms with Crippen molar-refractivity contribution in [2.24, 2.45) is 0 Å². The molecule has 0 radical (unpaired) electrons. The Balaban J connectivity index is 3.19. The van der Waals surface area contributed by atoms with Crippen molar-refractivity contribution in [1.82, 2.24) is 9.97 Å². The first-order valence-electron chi connectivity index (χ1n) is 3.90. The monoisotopic (exact) mass is 186 g/mol. The fourth-order valence-corrected chi connectivity index (χ4v) is 1.35. The topological polar surface area (TPSA) is 45.8 Å². The molecular formula is C8H11ClN2O. The zero-order valence-electron chi connectivity index (χ0n) is 7.15. The molecule has 1 heterocycles. The third-order valence-corrected chi connectivity index (χ3v) is 1.90. The van der Waals surface area contributed by atoms with Gasteiger partial charge in [0.25, 0.3) is 5.56 Å². The fourth-order valence-electron chi connectivity index (χ4n) is 1.04. The zero-order valence-corrected chi connectivity index (χ0v) is 7.90. The molecule has 3 nitrogen and oxygen atoms in total. The maximum atomic E-state index is 11.3. The number of aromatic amines is 1. The van der Waals surface area contributed by atoms with Gasteiger partial charge in [-0.2, -0.15) is 0 Å². The van der Waals surface area contributed by atoms with Crippen molar-refractivity contribution in [3.8, 4) is 0 Å². The van der Waals surface area contributed by atoms with Gasteiger partial charge < -0.3 is 4.98 Å². The van der Waals surface area contributed by atoms with Crippen LogP contribution in [0, 0.1) is 6.92 Å². The summed E-state index contributed by atoms with van der Waals surface area (Å²) >= 11 is 5.78. The van der Waals surface area contributed by atoms with Crippen LogP contribution in [-0.4, -0.2) is 9.97 Å². The first-order chi connectivity index (χ1) is 5.65. The number of aryl methyl sites for hydroxylation is 1. The van der Waals surface area contributed by atoms with Gasteiger partial charge in [0, 0.05) is 0 Å². The van der Waals surface area contributed by atoms with Crippen molar-refractivity contribution in [2.45, 2.75) is 26.7 Å². The summed E-state index contributed by atoms with van der Waals surface area (Å²) in [4.78, 5) is 17.8. The average Bonchev–Trinajstić information content (AvgIpc) is 1.96. The number of aromatic nitrogens is 2. The lowest BCUT2D eigenvalue weighted by Crippen LogP contribution is -2.15. The van der Waals surface area contributed by atoms with E-state index < -0.39 is 0 Å². The quantitative estimate of drug-likeness (QED) is 0.715. The van der Waals surface area contributed by atoms with E-state index in [-0.39, 0.29) is 5.56 Å². The highest BCUT2D eigenvalue weighted by Gasteiger charge is 2.05. The Bertz CT molecular complexity index is 332. The van der Waals surface area contributed by atoms with Gasteiger partial charge in [0.05, 0.1) is 5.56 Å². The lowest BCUT2D eigenvalue weighted by atomic mass is 10.2. The first-order valence-corrected chi connectivity index (χ1v) is 4.28. The summed E-state index contributed by atoms with van der Waals surface area (Å²) in [7, 11) is 0. The van der Waals surface area contributed by atoms with Gasteiger partial charge in [-0.3, -0.25) is 4.79 Å². The number of halogens is 1. The van der Waals surface area contributed by atoms with Gasteiger partial charge >= 0.3 is 0 Å². The molecule has 0 aliphatic carbocycles. The second kappa shape index (κ2) is 3.72. The molecule has 1 aromatic rings. The minimum atomic E-state index is -0.116. The van der Waals surface area contributed by atoms with E-state index >= 15 is 0 Å². The van der Waals surface area contributed by atoms with Gasteiger partial charge in [-0.25, -0.2) is 4.98 Å². The summed E-state index contributed by atoms with van der Waals surface area (Å²) in [6.07, 6.45) is 1.58. The molecule has 0 atom stereocenters. The molecule has 1 N–H and O–H groups in total. The number of H-pyrrole nitrogens is 1. The van der Waals surface area contributed by atoms with E-state index in [2.05, 4.69) is 9.97 Å². The zero-order chi connectivity index (χ0) is 9.14. The third kappa shape index (κ3) is 1.85. The van der Waals surface area contributed by atoms with Gasteiger partial charge in [-0.1, -0.05) is 24.9 Å². The molecule has 0 fully saturated rings. The van der Waals surface area contributed by atoms with Crippen LogP contribution in [0.3, 0.4) is 0 Å². The van der Waals surface area contributed by atoms with E-state index in [1.165, 1.54) is 0 Å². The second-order valence-corrected chi connectivity index (χ2v) is 3.03. The number of nitrogens with one attached hydrogen (secondary N) is 1. The Morgan fingerprint density at radius 3 is 2.75 bits per heavy atom. The van der Waals surface area contributed by atoms with Crippen LogP contribution in [0.4, 0.5) is 0 Å². The molecule has 0 saturated heterocycles. The summed E-state index contributed by atoms with van der Waals surface area (Å²) in [6.45, 7) is 3.71. The SMILES string of the molecule is CCCc1c(Cl)nc(C)[nH]c1=O. The summed E-state index contributed by atoms with van der Waals surface area (Å²) < 4.78 is 0. The Morgan fingerprint density at radius 1 is 1.58 bits per heavy atom. The Labute approximate surface area is 75.8 Å². The molecule has 0 saturated carbocycles. The number of hydrogen-bond acceptors (Lipinski definition) is 2. The highest BCUT2D eigenvalue weighted by atomic mass is 35.5. The summed E-state index contributed by atoms with van der Waals surface area (Å²) in [5, 5.41) is 0.332. The molecule has 12 heavy (non-hydrogen) atoms. The van der Waals surface area contributed by atoms with Crippen LogP contribution in [0.2, 0.25) is 5.15 Å². The van der Waals surface area contributed by atoms with E-state index in [1.807, 2.05) is 6.92 Å². The third-order valence-electron chi connectivity index (χ3n) is 1.58. The van der Waals surface area contributed by atoms with Crippen LogP contribution < -0.4 is 5.56 Å². The van der Waals surface area contributed by atoms with Gasteiger partial charge in [-0.15, -0.1) is 0 Å². The van der Waals surface area contributed by atoms with E-state index in [0.717, 1.165) is 6.42 Å². The molecule has 1 rings (SSSR count). The van der Waals surface area contributed by atoms with E-state index in [4.69, 9.17) is 11.6 Å². The van der Waals surface area contributed by atoms with Gasteiger partial charge in [0.1, 0.15) is 11.0 Å². The molecule has 0 amide bonds. The highest BCUT2D eigenvalue weighted by molar-refractivity contribution is 6.30. The molecule has 0 bridgehead atoms. The summed E-state index contributed by atoms with van der Waals surface area (Å²) in [5.41, 5.74) is 0.471. The van der Waals surface area contributed by atoms with E-state index in [1.54, 1.807) is 6.92 Å². The molecule has 0 spiro atoms. The van der Waals surface area contributed by atoms with E-state index in [0.29, 0.717) is 23.0 Å². The second-order valence-electron chi connectivity index (χ2n) is 2.67. The van der Waals surface area contributed by atoms with Crippen LogP contribution in [0.1, 0.15) is 24.7 Å². The fraction of sp³-hybridized carbons (Fsp3) is 0.500. The maximum Gasteiger partial charge on any atom is 0.255 e. The molecule has 0 aromatic carbocycles. The van der Waals surface area contributed by atoms with Crippen LogP contribution in [0.25, 0.3) is 0 Å². The van der Waals surface area contributed by atoms with Crippen molar-refractivity contribution >= 4 is 11.6 Å². The Morgan fingerprint density at radius 2 is 2.25 bits per heavy atom. The lowest BCUT2D eigenvalue weighted by Gasteiger charge is -2.00.